The number of nitrogens with one attached hydrogen (secondary N) is 2. The molecule has 0 aliphatic carbocycles. The summed E-state index contributed by atoms with van der Waals surface area (Å²) >= 11 is 3.87. The van der Waals surface area contributed by atoms with Gasteiger partial charge in [0, 0.05) is 44.9 Å². The summed E-state index contributed by atoms with van der Waals surface area (Å²) in [4.78, 5) is 58.1. The molecule has 2 amide bonds. The quantitative estimate of drug-likeness (QED) is 0.120. The van der Waals surface area contributed by atoms with Crippen molar-refractivity contribution in [1.29, 1.82) is 0 Å². The number of thiol groups is 1. The Morgan fingerprint density at radius 2 is 1.64 bits per heavy atom. The molecular weight excluding hydrogens is 455 g/mol. The summed E-state index contributed by atoms with van der Waals surface area (Å²) in [6, 6.07) is -2.15. The Labute approximate surface area is 174 Å². The first-order valence-corrected chi connectivity index (χ1v) is 8.24. The van der Waals surface area contributed by atoms with E-state index in [-0.39, 0.29) is 51.3 Å². The zero-order valence-electron chi connectivity index (χ0n) is 12.9. The van der Waals surface area contributed by atoms with Gasteiger partial charge in [-0.15, -0.1) is 0 Å². The summed E-state index contributed by atoms with van der Waals surface area (Å²) in [7, 11) is -3.13. The summed E-state index contributed by atoms with van der Waals surface area (Å²) < 4.78 is 8.74. The van der Waals surface area contributed by atoms with Gasteiger partial charge in [0.15, 0.2) is 0 Å². The predicted molar refractivity (Wildman–Crippen MR) is 82.2 cm³/mol. The molecule has 0 bridgehead atoms. The number of hydrogen-bond donors (Lipinski definition) is 8. The van der Waals surface area contributed by atoms with Gasteiger partial charge in [0.25, 0.3) is 0 Å². The molecule has 0 unspecified atom stereocenters. The molecule has 0 saturated heterocycles. The summed E-state index contributed by atoms with van der Waals surface area (Å²) in [6.07, 6.45) is -0.235. The van der Waals surface area contributed by atoms with Gasteiger partial charge in [-0.3, -0.25) is 23.6 Å². The third-order valence-electron chi connectivity index (χ3n) is 2.25. The molecule has 0 aromatic rings. The summed E-state index contributed by atoms with van der Waals surface area (Å²) in [5.74, 6) is -3.70. The first-order valence-electron chi connectivity index (χ1n) is 6.31. The maximum Gasteiger partial charge on any atom is 0.761 e. The van der Waals surface area contributed by atoms with E-state index in [1.807, 2.05) is 0 Å². The minimum atomic E-state index is -3.13. The zero-order valence-corrected chi connectivity index (χ0v) is 17.6. The molecule has 12 nitrogen and oxygen atoms in total. The molecule has 15 heteroatoms. The molecular formula is C10H19N3O9SSiY. The van der Waals surface area contributed by atoms with E-state index >= 15 is 0 Å². The van der Waals surface area contributed by atoms with Crippen LogP contribution in [0.5, 0.6) is 0 Å². The zero-order chi connectivity index (χ0) is 19.3. The minimum Gasteiger partial charge on any atom is -0.511 e. The molecule has 0 aromatic carbocycles. The summed E-state index contributed by atoms with van der Waals surface area (Å²) in [6.45, 7) is -0.567. The third-order valence-corrected chi connectivity index (χ3v) is 2.61. The molecule has 0 saturated carbocycles. The smallest absolute Gasteiger partial charge is 0.511 e. The Kier molecular flexibility index (Phi) is 18.8. The Morgan fingerprint density at radius 3 is 2.00 bits per heavy atom. The van der Waals surface area contributed by atoms with E-state index in [0.717, 1.165) is 0 Å². The number of carbonyl (C=O) groups is 4. The number of aliphatic carboxylic acids is 2. The number of hydrogen-bond acceptors (Lipinski definition) is 7. The van der Waals surface area contributed by atoms with Crippen LogP contribution in [-0.4, -0.2) is 77.1 Å². The van der Waals surface area contributed by atoms with Crippen LogP contribution in [0.15, 0.2) is 0 Å². The summed E-state index contributed by atoms with van der Waals surface area (Å²) in [5.41, 5.74) is 5.23. The largest absolute Gasteiger partial charge is 0.761 e. The second kappa shape index (κ2) is 16.4. The van der Waals surface area contributed by atoms with Crippen molar-refractivity contribution in [2.24, 2.45) is 5.73 Å². The number of carboxylic acid groups (broad SMARTS) is 2. The second-order valence-corrected chi connectivity index (χ2v) is 5.11. The second-order valence-electron chi connectivity index (χ2n) is 4.18. The fourth-order valence-corrected chi connectivity index (χ4v) is 1.41. The van der Waals surface area contributed by atoms with Crippen molar-refractivity contribution in [3.05, 3.63) is 0 Å². The van der Waals surface area contributed by atoms with E-state index in [1.165, 1.54) is 0 Å². The maximum absolute atomic E-state index is 11.5. The molecule has 1 radical (unpaired) electrons. The molecule has 0 aromatic heterocycles. The molecule has 2 atom stereocenters. The van der Waals surface area contributed by atoms with Gasteiger partial charge in [-0.1, -0.05) is 0 Å². The third kappa shape index (κ3) is 19.1. The monoisotopic (exact) mass is 474 g/mol. The van der Waals surface area contributed by atoms with Gasteiger partial charge in [0.1, 0.15) is 18.6 Å². The number of carboxylic acids is 2. The predicted octanol–water partition coefficient (Wildman–Crippen LogP) is -3.82. The van der Waals surface area contributed by atoms with Gasteiger partial charge in [0.05, 0.1) is 0 Å². The van der Waals surface area contributed by atoms with E-state index in [2.05, 4.69) is 23.3 Å². The van der Waals surface area contributed by atoms with Crippen LogP contribution in [0, 0.1) is 0 Å². The standard InChI is InChI=1S/C10H17N3O6S.H2O3Si.Y/c11-5(10(18)19)1-2-7(14)13-6(4-20)9(17)12-3-8(15)16;1-4(2)3;/h5-6,20H,1-4,11H2,(H,12,17)(H,13,14)(H,15,16)(H,18,19);1-2H;/t5-,6-;;/m0../s1. The normalized spacial score (nSPS) is 11.4. The van der Waals surface area contributed by atoms with Gasteiger partial charge in [-0.2, -0.15) is 12.6 Å². The van der Waals surface area contributed by atoms with Gasteiger partial charge >= 0.3 is 21.1 Å². The minimum absolute atomic E-state index is 0. The number of rotatable bonds is 9. The van der Waals surface area contributed by atoms with Crippen LogP contribution in [0.1, 0.15) is 12.8 Å². The molecule has 141 valence electrons. The molecule has 0 spiro atoms. The van der Waals surface area contributed by atoms with Crippen LogP contribution < -0.4 is 16.4 Å². The number of nitrogens with two attached hydrogens (primary N) is 1. The number of carbonyl (C=O) groups excluding carboxylic acids is 2. The van der Waals surface area contributed by atoms with E-state index in [1.54, 1.807) is 0 Å². The van der Waals surface area contributed by atoms with Crippen molar-refractivity contribution in [1.82, 2.24) is 10.6 Å². The van der Waals surface area contributed by atoms with Crippen LogP contribution >= 0.6 is 12.6 Å². The SMILES string of the molecule is N[C@@H](CCC(=O)N[C@@H](CS)C(=O)NCC(=O)O)C(=O)O.O=[Si](O)O.[Y]. The Balaban J connectivity index is -0.000000867. The van der Waals surface area contributed by atoms with Crippen molar-refractivity contribution >= 4 is 45.6 Å². The van der Waals surface area contributed by atoms with Crippen LogP contribution in [0.25, 0.3) is 0 Å². The molecule has 25 heavy (non-hydrogen) atoms. The maximum atomic E-state index is 11.5. The number of amides is 2. The molecule has 0 rings (SSSR count). The summed E-state index contributed by atoms with van der Waals surface area (Å²) in [5, 5.41) is 21.4. The average molecular weight is 474 g/mol. The van der Waals surface area contributed by atoms with Crippen molar-refractivity contribution in [3.8, 4) is 0 Å². The topological polar surface area (TPSA) is 216 Å². The van der Waals surface area contributed by atoms with Crippen molar-refractivity contribution in [2.75, 3.05) is 12.3 Å². The van der Waals surface area contributed by atoms with E-state index in [0.29, 0.717) is 0 Å². The van der Waals surface area contributed by atoms with Crippen LogP contribution in [0.3, 0.4) is 0 Å². The Hall–Kier alpha value is -1.09. The first-order chi connectivity index (χ1) is 11.0. The van der Waals surface area contributed by atoms with Gasteiger partial charge < -0.3 is 36.2 Å². The van der Waals surface area contributed by atoms with Gasteiger partial charge in [0.2, 0.25) is 11.8 Å². The van der Waals surface area contributed by atoms with E-state index < -0.39 is 51.6 Å². The fourth-order valence-electron chi connectivity index (χ4n) is 1.16. The Morgan fingerprint density at radius 1 is 1.16 bits per heavy atom. The Bertz CT molecular complexity index is 479. The molecule has 0 aliphatic heterocycles. The first kappa shape index (κ1) is 28.7. The van der Waals surface area contributed by atoms with Crippen LogP contribution in [-0.2, 0) is 56.3 Å². The van der Waals surface area contributed by atoms with Gasteiger partial charge in [-0.05, 0) is 6.42 Å². The molecule has 0 fully saturated rings. The van der Waals surface area contributed by atoms with Crippen LogP contribution in [0.4, 0.5) is 0 Å². The van der Waals surface area contributed by atoms with E-state index in [4.69, 9.17) is 30.0 Å². The van der Waals surface area contributed by atoms with Crippen molar-refractivity contribution in [3.63, 3.8) is 0 Å². The fraction of sp³-hybridized carbons (Fsp3) is 0.600. The van der Waals surface area contributed by atoms with Crippen molar-refractivity contribution in [2.45, 2.75) is 24.9 Å². The average Bonchev–Trinajstić information content (AvgIpc) is 2.46. The van der Waals surface area contributed by atoms with Crippen LogP contribution in [0.2, 0.25) is 0 Å². The van der Waals surface area contributed by atoms with Gasteiger partial charge in [-0.25, -0.2) is 0 Å². The van der Waals surface area contributed by atoms with E-state index in [9.17, 15) is 19.2 Å². The molecule has 8 N–H and O–H groups in total. The van der Waals surface area contributed by atoms with Crippen molar-refractivity contribution < 1.29 is 76.2 Å². The molecule has 0 heterocycles. The molecule has 0 aliphatic rings.